The van der Waals surface area contributed by atoms with E-state index in [4.69, 9.17) is 0 Å². The highest BCUT2D eigenvalue weighted by molar-refractivity contribution is 7.70. The summed E-state index contributed by atoms with van der Waals surface area (Å²) in [4.78, 5) is 27.3. The number of hydrogen-bond donors (Lipinski definition) is 2. The third kappa shape index (κ3) is 4.68. The van der Waals surface area contributed by atoms with Gasteiger partial charge in [0.1, 0.15) is 5.69 Å². The minimum atomic E-state index is -0.197. The molecule has 0 saturated heterocycles. The molecule has 4 nitrogen and oxygen atoms in total. The Labute approximate surface area is 132 Å². The number of unbranched alkanes of at least 4 members (excludes halogenated alkanes) is 6. The van der Waals surface area contributed by atoms with Crippen LogP contribution < -0.4 is 10.9 Å². The Kier molecular flexibility index (Phi) is 6.45. The maximum absolute atomic E-state index is 11.9. The summed E-state index contributed by atoms with van der Waals surface area (Å²) in [6.07, 6.45) is 8.79. The van der Waals surface area contributed by atoms with Crippen molar-refractivity contribution in [2.45, 2.75) is 58.3 Å². The van der Waals surface area contributed by atoms with Gasteiger partial charge in [-0.3, -0.25) is 9.59 Å². The number of anilines is 1. The van der Waals surface area contributed by atoms with Crippen molar-refractivity contribution in [1.29, 1.82) is 0 Å². The molecule has 0 fully saturated rings. The maximum atomic E-state index is 11.9. The van der Waals surface area contributed by atoms with Gasteiger partial charge in [0.25, 0.3) is 5.56 Å². The molecule has 2 N–H and O–H groups in total. The summed E-state index contributed by atoms with van der Waals surface area (Å²) in [5.41, 5.74) is 1.04. The van der Waals surface area contributed by atoms with Crippen LogP contribution in [0, 0.1) is 0 Å². The minimum Gasteiger partial charge on any atom is -0.320 e. The summed E-state index contributed by atoms with van der Waals surface area (Å²) < 4.78 is 0. The third-order valence-electron chi connectivity index (χ3n) is 3.52. The van der Waals surface area contributed by atoms with Gasteiger partial charge in [0, 0.05) is 11.8 Å². The van der Waals surface area contributed by atoms with Crippen molar-refractivity contribution in [1.82, 2.24) is 4.98 Å². The quantitative estimate of drug-likeness (QED) is 0.519. The number of nitrogens with one attached hydrogen (secondary N) is 2. The maximum Gasteiger partial charge on any atom is 0.273 e. The van der Waals surface area contributed by atoms with Crippen LogP contribution in [0.5, 0.6) is 0 Å². The molecule has 0 aliphatic carbocycles. The van der Waals surface area contributed by atoms with Crippen molar-refractivity contribution in [2.24, 2.45) is 0 Å². The Balaban J connectivity index is 1.69. The van der Waals surface area contributed by atoms with Crippen LogP contribution in [0.3, 0.4) is 0 Å². The second-order valence-electron chi connectivity index (χ2n) is 5.29. The average molecular weight is 326 g/mol. The predicted molar refractivity (Wildman–Crippen MR) is 90.7 cm³/mol. The first-order valence-electron chi connectivity index (χ1n) is 7.61. The van der Waals surface area contributed by atoms with Gasteiger partial charge < -0.3 is 10.3 Å². The van der Waals surface area contributed by atoms with Gasteiger partial charge >= 0.3 is 0 Å². The summed E-state index contributed by atoms with van der Waals surface area (Å²) in [5, 5.41) is 4.66. The van der Waals surface area contributed by atoms with Gasteiger partial charge in [-0.1, -0.05) is 66.1 Å². The van der Waals surface area contributed by atoms with Crippen molar-refractivity contribution in [2.75, 3.05) is 5.32 Å². The monoisotopic (exact) mass is 326 g/mol. The molecule has 2 aliphatic heterocycles. The van der Waals surface area contributed by atoms with Gasteiger partial charge in [-0.25, -0.2) is 0 Å². The number of amides is 1. The SMILES string of the molecule is CCCCCCCCCC(=O)Nc1c2sscc-2[nH]c1=O. The Morgan fingerprint density at radius 3 is 2.67 bits per heavy atom. The molecule has 0 aromatic heterocycles. The van der Waals surface area contributed by atoms with E-state index in [2.05, 4.69) is 17.2 Å². The molecule has 0 aromatic rings. The van der Waals surface area contributed by atoms with Crippen LogP contribution in [-0.4, -0.2) is 10.9 Å². The first-order chi connectivity index (χ1) is 10.2. The molecule has 0 spiro atoms. The predicted octanol–water partition coefficient (Wildman–Crippen LogP) is 4.68. The number of hydrogen-bond acceptors (Lipinski definition) is 4. The number of carbonyl (C=O) groups is 1. The summed E-state index contributed by atoms with van der Waals surface area (Å²) in [6, 6.07) is 0. The zero-order chi connectivity index (χ0) is 15.1. The van der Waals surface area contributed by atoms with Crippen molar-refractivity contribution in [3.63, 3.8) is 0 Å². The highest BCUT2D eigenvalue weighted by Crippen LogP contribution is 2.35. The van der Waals surface area contributed by atoms with Crippen molar-refractivity contribution in [3.05, 3.63) is 15.7 Å². The van der Waals surface area contributed by atoms with E-state index in [-0.39, 0.29) is 11.5 Å². The zero-order valence-corrected chi connectivity index (χ0v) is 14.0. The number of aromatic amines is 1. The van der Waals surface area contributed by atoms with Crippen LogP contribution in [0.25, 0.3) is 10.6 Å². The lowest BCUT2D eigenvalue weighted by atomic mass is 10.1. The van der Waals surface area contributed by atoms with Gasteiger partial charge in [0.05, 0.1) is 10.6 Å². The van der Waals surface area contributed by atoms with E-state index in [1.54, 1.807) is 10.3 Å². The van der Waals surface area contributed by atoms with Gasteiger partial charge in [-0.15, -0.1) is 0 Å². The fraction of sp³-hybridized carbons (Fsp3) is 0.600. The van der Waals surface area contributed by atoms with Gasteiger partial charge in [-0.2, -0.15) is 0 Å². The van der Waals surface area contributed by atoms with Gasteiger partial charge in [0.2, 0.25) is 5.91 Å². The van der Waals surface area contributed by atoms with Crippen molar-refractivity contribution in [3.8, 4) is 10.6 Å². The molecule has 0 radical (unpaired) electrons. The Morgan fingerprint density at radius 2 is 1.90 bits per heavy atom. The van der Waals surface area contributed by atoms with Crippen LogP contribution in [0.4, 0.5) is 5.69 Å². The number of aromatic nitrogens is 1. The molecule has 116 valence electrons. The molecule has 2 rings (SSSR count). The van der Waals surface area contributed by atoms with Crippen LogP contribution in [0.1, 0.15) is 58.3 Å². The Bertz CT molecular complexity index is 585. The van der Waals surface area contributed by atoms with E-state index in [0.29, 0.717) is 12.1 Å². The molecular formula is C15H22N2O2S2. The molecule has 0 aromatic carbocycles. The molecular weight excluding hydrogens is 304 g/mol. The van der Waals surface area contributed by atoms with Crippen LogP contribution in [0.15, 0.2) is 10.2 Å². The first-order valence-corrected chi connectivity index (χ1v) is 9.83. The normalized spacial score (nSPS) is 11.1. The van der Waals surface area contributed by atoms with E-state index in [1.807, 2.05) is 5.38 Å². The van der Waals surface area contributed by atoms with E-state index in [0.717, 1.165) is 23.4 Å². The molecule has 6 heteroatoms. The number of fused-ring (bicyclic) bond motifs is 1. The lowest BCUT2D eigenvalue weighted by Crippen LogP contribution is -2.16. The summed E-state index contributed by atoms with van der Waals surface area (Å²) in [7, 11) is 3.07. The molecule has 0 saturated carbocycles. The Morgan fingerprint density at radius 1 is 1.19 bits per heavy atom. The molecule has 21 heavy (non-hydrogen) atoms. The standard InChI is InChI=1S/C15H22N2O2S2/c1-2-3-4-5-6-7-8-9-12(18)17-13-14-11(10-20-21-14)16-15(13)19/h10H,2-9H2,1H3,(H,16,19)(H,17,18). The van der Waals surface area contributed by atoms with Gasteiger partial charge in [-0.05, 0) is 6.42 Å². The fourth-order valence-corrected chi connectivity index (χ4v) is 4.49. The molecule has 1 amide bonds. The molecule has 2 heterocycles. The summed E-state index contributed by atoms with van der Waals surface area (Å²) in [6.45, 7) is 2.21. The second kappa shape index (κ2) is 8.34. The largest absolute Gasteiger partial charge is 0.320 e. The highest BCUT2D eigenvalue weighted by Gasteiger charge is 2.18. The molecule has 2 aliphatic rings. The topological polar surface area (TPSA) is 62.0 Å². The van der Waals surface area contributed by atoms with Crippen LogP contribution >= 0.6 is 20.7 Å². The van der Waals surface area contributed by atoms with E-state index in [1.165, 1.54) is 42.4 Å². The number of carbonyl (C=O) groups excluding carboxylic acids is 1. The molecule has 0 atom stereocenters. The second-order valence-corrected chi connectivity index (χ2v) is 7.37. The summed E-state index contributed by atoms with van der Waals surface area (Å²) >= 11 is 0. The smallest absolute Gasteiger partial charge is 0.273 e. The Hall–Kier alpha value is -1.14. The van der Waals surface area contributed by atoms with Crippen LogP contribution in [0.2, 0.25) is 0 Å². The third-order valence-corrected chi connectivity index (χ3v) is 5.61. The van der Waals surface area contributed by atoms with Crippen molar-refractivity contribution >= 4 is 32.3 Å². The van der Waals surface area contributed by atoms with E-state index in [9.17, 15) is 9.59 Å². The summed E-state index contributed by atoms with van der Waals surface area (Å²) in [5.74, 6) is -0.0556. The highest BCUT2D eigenvalue weighted by atomic mass is 32.9. The lowest BCUT2D eigenvalue weighted by molar-refractivity contribution is -0.116. The fourth-order valence-electron chi connectivity index (χ4n) is 2.33. The molecule has 0 unspecified atom stereocenters. The first kappa shape index (κ1) is 16.2. The van der Waals surface area contributed by atoms with Crippen molar-refractivity contribution < 1.29 is 4.79 Å². The lowest BCUT2D eigenvalue weighted by Gasteiger charge is -2.03. The van der Waals surface area contributed by atoms with Gasteiger partial charge in [0.15, 0.2) is 0 Å². The zero-order valence-electron chi connectivity index (χ0n) is 12.4. The number of H-pyrrole nitrogens is 1. The molecule has 0 bridgehead atoms. The minimum absolute atomic E-state index is 0.0556. The van der Waals surface area contributed by atoms with Crippen LogP contribution in [-0.2, 0) is 4.79 Å². The van der Waals surface area contributed by atoms with E-state index < -0.39 is 0 Å². The van der Waals surface area contributed by atoms with E-state index >= 15 is 0 Å². The number of rotatable bonds is 9. The average Bonchev–Trinajstić information content (AvgIpc) is 3.01.